The fourth-order valence-electron chi connectivity index (χ4n) is 2.90. The normalized spacial score (nSPS) is 15.1. The number of sulfonamides is 1. The number of nitrogens with zero attached hydrogens (tertiary/aromatic N) is 2. The predicted octanol–water partition coefficient (Wildman–Crippen LogP) is 2.74. The van der Waals surface area contributed by atoms with Gasteiger partial charge < -0.3 is 5.11 Å². The van der Waals surface area contributed by atoms with Crippen LogP contribution in [0, 0.1) is 10.1 Å². The Bertz CT molecular complexity index is 931. The van der Waals surface area contributed by atoms with E-state index >= 15 is 0 Å². The van der Waals surface area contributed by atoms with Crippen molar-refractivity contribution in [2.75, 3.05) is 13.1 Å². The number of hydrogen-bond acceptors (Lipinski definition) is 5. The second-order valence-electron chi connectivity index (χ2n) is 5.97. The molecule has 0 amide bonds. The average molecular weight is 376 g/mol. The van der Waals surface area contributed by atoms with Gasteiger partial charge in [0.2, 0.25) is 10.0 Å². The molecule has 3 rings (SSSR count). The molecule has 1 saturated heterocycles. The van der Waals surface area contributed by atoms with Gasteiger partial charge in [0, 0.05) is 25.2 Å². The van der Waals surface area contributed by atoms with Crippen LogP contribution in [0.25, 0.3) is 11.1 Å². The van der Waals surface area contributed by atoms with E-state index in [1.165, 1.54) is 40.7 Å². The minimum atomic E-state index is -3.55. The summed E-state index contributed by atoms with van der Waals surface area (Å²) >= 11 is 0. The fourth-order valence-corrected chi connectivity index (χ4v) is 4.42. The molecule has 1 aliphatic rings. The van der Waals surface area contributed by atoms with Gasteiger partial charge in [-0.25, -0.2) is 13.2 Å². The molecule has 0 spiro atoms. The lowest BCUT2D eigenvalue weighted by Gasteiger charge is -2.15. The molecule has 0 saturated carbocycles. The summed E-state index contributed by atoms with van der Waals surface area (Å²) in [6.45, 7) is 0.994. The van der Waals surface area contributed by atoms with E-state index in [0.717, 1.165) is 18.9 Å². The number of rotatable bonds is 5. The third kappa shape index (κ3) is 3.44. The topological polar surface area (TPSA) is 118 Å². The molecule has 0 aliphatic carbocycles. The zero-order valence-corrected chi connectivity index (χ0v) is 14.5. The smallest absolute Gasteiger partial charge is 0.335 e. The summed E-state index contributed by atoms with van der Waals surface area (Å²) in [4.78, 5) is 21.7. The van der Waals surface area contributed by atoms with Crippen LogP contribution < -0.4 is 0 Å². The second kappa shape index (κ2) is 6.85. The Labute approximate surface area is 149 Å². The molecule has 1 N–H and O–H groups in total. The van der Waals surface area contributed by atoms with Gasteiger partial charge in [0.25, 0.3) is 5.69 Å². The largest absolute Gasteiger partial charge is 0.478 e. The Morgan fingerprint density at radius 3 is 2.19 bits per heavy atom. The molecule has 8 nitrogen and oxygen atoms in total. The lowest BCUT2D eigenvalue weighted by Crippen LogP contribution is -2.27. The van der Waals surface area contributed by atoms with Gasteiger partial charge in [0.1, 0.15) is 0 Å². The lowest BCUT2D eigenvalue weighted by atomic mass is 10.0. The minimum absolute atomic E-state index is 0.145. The number of hydrogen-bond donors (Lipinski definition) is 1. The van der Waals surface area contributed by atoms with E-state index in [0.29, 0.717) is 24.2 Å². The monoisotopic (exact) mass is 376 g/mol. The van der Waals surface area contributed by atoms with Crippen molar-refractivity contribution in [1.29, 1.82) is 0 Å². The molecule has 9 heteroatoms. The van der Waals surface area contributed by atoms with Gasteiger partial charge in [-0.05, 0) is 42.2 Å². The summed E-state index contributed by atoms with van der Waals surface area (Å²) in [7, 11) is -3.55. The van der Waals surface area contributed by atoms with Gasteiger partial charge in [-0.3, -0.25) is 10.1 Å². The van der Waals surface area contributed by atoms with Crippen LogP contribution in [0.2, 0.25) is 0 Å². The third-order valence-electron chi connectivity index (χ3n) is 4.27. The fraction of sp³-hybridized carbons (Fsp3) is 0.235. The highest BCUT2D eigenvalue weighted by molar-refractivity contribution is 7.89. The average Bonchev–Trinajstić information content (AvgIpc) is 3.17. The predicted molar refractivity (Wildman–Crippen MR) is 93.5 cm³/mol. The number of non-ortho nitro benzene ring substituents is 1. The zero-order valence-electron chi connectivity index (χ0n) is 13.7. The number of benzene rings is 2. The van der Waals surface area contributed by atoms with Crippen LogP contribution in [0.5, 0.6) is 0 Å². The third-order valence-corrected chi connectivity index (χ3v) is 6.18. The first-order valence-electron chi connectivity index (χ1n) is 7.92. The molecule has 2 aromatic carbocycles. The Balaban J connectivity index is 1.98. The second-order valence-corrected chi connectivity index (χ2v) is 7.90. The van der Waals surface area contributed by atoms with Crippen molar-refractivity contribution in [3.05, 3.63) is 58.1 Å². The first-order chi connectivity index (χ1) is 12.3. The molecular formula is C17H16N2O6S. The molecule has 1 heterocycles. The SMILES string of the molecule is O=C(O)c1cc(-c2ccc(S(=O)(=O)N3CCCC3)cc2)cc([N+](=O)[O-])c1. The first kappa shape index (κ1) is 18.0. The number of carbonyl (C=O) groups is 1. The number of aromatic carboxylic acids is 1. The minimum Gasteiger partial charge on any atom is -0.478 e. The molecule has 0 atom stereocenters. The molecule has 136 valence electrons. The summed E-state index contributed by atoms with van der Waals surface area (Å²) in [5.74, 6) is -1.27. The van der Waals surface area contributed by atoms with Crippen molar-refractivity contribution in [3.8, 4) is 11.1 Å². The van der Waals surface area contributed by atoms with Crippen LogP contribution in [0.3, 0.4) is 0 Å². The maximum atomic E-state index is 12.5. The van der Waals surface area contributed by atoms with Crippen molar-refractivity contribution in [2.45, 2.75) is 17.7 Å². The van der Waals surface area contributed by atoms with Crippen LogP contribution in [0.4, 0.5) is 5.69 Å². The first-order valence-corrected chi connectivity index (χ1v) is 9.36. The highest BCUT2D eigenvalue weighted by Crippen LogP contribution is 2.28. The molecule has 26 heavy (non-hydrogen) atoms. The standard InChI is InChI=1S/C17H16N2O6S/c20-17(21)14-9-13(10-15(11-14)19(22)23)12-3-5-16(6-4-12)26(24,25)18-7-1-2-8-18/h3-6,9-11H,1-2,7-8H2,(H,20,21). The van der Waals surface area contributed by atoms with E-state index in [1.54, 1.807) is 0 Å². The van der Waals surface area contributed by atoms with Gasteiger partial charge >= 0.3 is 5.97 Å². The van der Waals surface area contributed by atoms with Crippen LogP contribution in [-0.2, 0) is 10.0 Å². The highest BCUT2D eigenvalue weighted by Gasteiger charge is 2.27. The molecule has 0 aromatic heterocycles. The number of nitro groups is 1. The molecule has 0 bridgehead atoms. The van der Waals surface area contributed by atoms with Gasteiger partial charge in [-0.1, -0.05) is 12.1 Å². The Morgan fingerprint density at radius 1 is 1.04 bits per heavy atom. The van der Waals surface area contributed by atoms with E-state index in [4.69, 9.17) is 5.11 Å². The number of carboxylic acid groups (broad SMARTS) is 1. The van der Waals surface area contributed by atoms with E-state index in [1.807, 2.05) is 0 Å². The van der Waals surface area contributed by atoms with Crippen LogP contribution in [0.1, 0.15) is 23.2 Å². The number of nitro benzene ring substituents is 1. The Kier molecular flexibility index (Phi) is 4.75. The quantitative estimate of drug-likeness (QED) is 0.633. The Hall–Kier alpha value is -2.78. The summed E-state index contributed by atoms with van der Waals surface area (Å²) in [6, 6.07) is 9.47. The molecular weight excluding hydrogens is 360 g/mol. The molecule has 0 unspecified atom stereocenters. The van der Waals surface area contributed by atoms with Gasteiger partial charge in [0.05, 0.1) is 15.4 Å². The number of carboxylic acids is 1. The van der Waals surface area contributed by atoms with E-state index in [-0.39, 0.29) is 16.1 Å². The summed E-state index contributed by atoms with van der Waals surface area (Å²) in [6.07, 6.45) is 1.67. The molecule has 2 aromatic rings. The van der Waals surface area contributed by atoms with Crippen molar-refractivity contribution < 1.29 is 23.2 Å². The van der Waals surface area contributed by atoms with Crippen LogP contribution in [-0.4, -0.2) is 41.8 Å². The van der Waals surface area contributed by atoms with Crippen molar-refractivity contribution in [1.82, 2.24) is 4.31 Å². The summed E-state index contributed by atoms with van der Waals surface area (Å²) < 4.78 is 26.5. The van der Waals surface area contributed by atoms with Crippen molar-refractivity contribution >= 4 is 21.7 Å². The Morgan fingerprint density at radius 2 is 1.65 bits per heavy atom. The maximum absolute atomic E-state index is 12.5. The van der Waals surface area contributed by atoms with Gasteiger partial charge in [-0.15, -0.1) is 0 Å². The highest BCUT2D eigenvalue weighted by atomic mass is 32.2. The van der Waals surface area contributed by atoms with E-state index in [9.17, 15) is 23.3 Å². The summed E-state index contributed by atoms with van der Waals surface area (Å²) in [5, 5.41) is 20.1. The van der Waals surface area contributed by atoms with E-state index in [2.05, 4.69) is 0 Å². The van der Waals surface area contributed by atoms with Crippen LogP contribution in [0.15, 0.2) is 47.4 Å². The lowest BCUT2D eigenvalue weighted by molar-refractivity contribution is -0.384. The summed E-state index contributed by atoms with van der Waals surface area (Å²) in [5.41, 5.74) is 0.287. The van der Waals surface area contributed by atoms with Gasteiger partial charge in [0.15, 0.2) is 0 Å². The van der Waals surface area contributed by atoms with Crippen molar-refractivity contribution in [3.63, 3.8) is 0 Å². The molecule has 0 radical (unpaired) electrons. The van der Waals surface area contributed by atoms with E-state index < -0.39 is 20.9 Å². The van der Waals surface area contributed by atoms with Gasteiger partial charge in [-0.2, -0.15) is 4.31 Å². The maximum Gasteiger partial charge on any atom is 0.335 e. The van der Waals surface area contributed by atoms with Crippen molar-refractivity contribution in [2.24, 2.45) is 0 Å². The molecule has 1 aliphatic heterocycles. The zero-order chi connectivity index (χ0) is 18.9. The van der Waals surface area contributed by atoms with Crippen LogP contribution >= 0.6 is 0 Å². The molecule has 1 fully saturated rings.